The van der Waals surface area contributed by atoms with Crippen LogP contribution in [0.5, 0.6) is 0 Å². The number of hydrogen-bond acceptors (Lipinski definition) is 3. The van der Waals surface area contributed by atoms with Crippen LogP contribution in [-0.2, 0) is 9.84 Å². The Kier molecular flexibility index (Phi) is 7.19. The van der Waals surface area contributed by atoms with E-state index in [0.29, 0.717) is 11.8 Å². The van der Waals surface area contributed by atoms with Gasteiger partial charge < -0.3 is 5.32 Å². The Balaban J connectivity index is 3.84. The summed E-state index contributed by atoms with van der Waals surface area (Å²) in [6.07, 6.45) is 5.31. The minimum Gasteiger partial charge on any atom is -0.314 e. The van der Waals surface area contributed by atoms with E-state index < -0.39 is 9.84 Å². The maximum Gasteiger partial charge on any atom is 0.147 e. The van der Waals surface area contributed by atoms with E-state index in [-0.39, 0.29) is 0 Å². The van der Waals surface area contributed by atoms with Crippen molar-refractivity contribution < 1.29 is 8.42 Å². The third-order valence-electron chi connectivity index (χ3n) is 2.16. The Morgan fingerprint density at radius 2 is 1.79 bits per heavy atom. The van der Waals surface area contributed by atoms with Gasteiger partial charge in [0.2, 0.25) is 0 Å². The SMILES string of the molecule is CCCNC(CCC)CCS(C)(=O)=O. The van der Waals surface area contributed by atoms with Crippen molar-refractivity contribution in [3.05, 3.63) is 0 Å². The second-order valence-electron chi connectivity index (χ2n) is 3.86. The average Bonchev–Trinajstić information content (AvgIpc) is 2.08. The fourth-order valence-electron chi connectivity index (χ4n) is 1.40. The standard InChI is InChI=1S/C10H23NO2S/c1-4-6-10(11-8-5-2)7-9-14(3,12)13/h10-11H,4-9H2,1-3H3. The first-order valence-corrected chi connectivity index (χ1v) is 7.46. The largest absolute Gasteiger partial charge is 0.314 e. The lowest BCUT2D eigenvalue weighted by atomic mass is 10.1. The molecule has 0 aromatic carbocycles. The third-order valence-corrected chi connectivity index (χ3v) is 3.13. The third kappa shape index (κ3) is 8.51. The molecule has 1 unspecified atom stereocenters. The van der Waals surface area contributed by atoms with Crippen LogP contribution in [0.25, 0.3) is 0 Å². The topological polar surface area (TPSA) is 46.2 Å². The molecule has 1 atom stereocenters. The summed E-state index contributed by atoms with van der Waals surface area (Å²) in [7, 11) is -2.80. The highest BCUT2D eigenvalue weighted by atomic mass is 32.2. The van der Waals surface area contributed by atoms with E-state index in [9.17, 15) is 8.42 Å². The van der Waals surface area contributed by atoms with Crippen molar-refractivity contribution in [1.29, 1.82) is 0 Å². The number of sulfone groups is 1. The lowest BCUT2D eigenvalue weighted by Gasteiger charge is -2.16. The molecule has 4 heteroatoms. The van der Waals surface area contributed by atoms with Gasteiger partial charge in [-0.3, -0.25) is 0 Å². The molecule has 0 fully saturated rings. The van der Waals surface area contributed by atoms with E-state index in [1.54, 1.807) is 0 Å². The number of hydrogen-bond donors (Lipinski definition) is 1. The normalized spacial score (nSPS) is 14.2. The van der Waals surface area contributed by atoms with E-state index in [1.165, 1.54) is 6.26 Å². The van der Waals surface area contributed by atoms with Crippen molar-refractivity contribution in [2.75, 3.05) is 18.6 Å². The van der Waals surface area contributed by atoms with Crippen LogP contribution >= 0.6 is 0 Å². The molecule has 0 bridgehead atoms. The van der Waals surface area contributed by atoms with E-state index in [0.717, 1.165) is 32.2 Å². The fourth-order valence-corrected chi connectivity index (χ4v) is 2.11. The van der Waals surface area contributed by atoms with Crippen LogP contribution in [0.3, 0.4) is 0 Å². The molecule has 0 rings (SSSR count). The molecule has 0 aliphatic heterocycles. The molecule has 14 heavy (non-hydrogen) atoms. The maximum absolute atomic E-state index is 11.0. The van der Waals surface area contributed by atoms with Crippen LogP contribution in [0, 0.1) is 0 Å². The van der Waals surface area contributed by atoms with Crippen LogP contribution in [0.15, 0.2) is 0 Å². The van der Waals surface area contributed by atoms with E-state index in [4.69, 9.17) is 0 Å². The summed E-state index contributed by atoms with van der Waals surface area (Å²) in [6.45, 7) is 5.22. The van der Waals surface area contributed by atoms with Crippen molar-refractivity contribution >= 4 is 9.84 Å². The summed E-state index contributed by atoms with van der Waals surface area (Å²) in [6, 6.07) is 0.370. The van der Waals surface area contributed by atoms with Gasteiger partial charge in [-0.15, -0.1) is 0 Å². The molecule has 0 aliphatic carbocycles. The summed E-state index contributed by atoms with van der Waals surface area (Å²) in [5.74, 6) is 0.300. The van der Waals surface area contributed by atoms with Gasteiger partial charge in [0.25, 0.3) is 0 Å². The summed E-state index contributed by atoms with van der Waals surface area (Å²) < 4.78 is 22.0. The van der Waals surface area contributed by atoms with Crippen LogP contribution in [0.4, 0.5) is 0 Å². The second kappa shape index (κ2) is 7.23. The van der Waals surface area contributed by atoms with Crippen molar-refractivity contribution in [1.82, 2.24) is 5.32 Å². The smallest absolute Gasteiger partial charge is 0.147 e. The Labute approximate surface area is 88.2 Å². The monoisotopic (exact) mass is 221 g/mol. The first-order chi connectivity index (χ1) is 6.49. The summed E-state index contributed by atoms with van der Waals surface area (Å²) in [4.78, 5) is 0. The Bertz CT molecular complexity index is 224. The molecule has 0 aliphatic rings. The Morgan fingerprint density at radius 1 is 1.14 bits per heavy atom. The van der Waals surface area contributed by atoms with Gasteiger partial charge >= 0.3 is 0 Å². The molecule has 86 valence electrons. The molecule has 1 N–H and O–H groups in total. The number of rotatable bonds is 8. The van der Waals surface area contributed by atoms with Crippen molar-refractivity contribution in [2.45, 2.75) is 45.6 Å². The van der Waals surface area contributed by atoms with Crippen molar-refractivity contribution in [2.24, 2.45) is 0 Å². The van der Waals surface area contributed by atoms with Crippen LogP contribution in [0.2, 0.25) is 0 Å². The van der Waals surface area contributed by atoms with Crippen LogP contribution < -0.4 is 5.32 Å². The van der Waals surface area contributed by atoms with Gasteiger partial charge in [0, 0.05) is 12.3 Å². The molecule has 0 amide bonds. The molecule has 0 saturated carbocycles. The summed E-state index contributed by atoms with van der Waals surface area (Å²) >= 11 is 0. The zero-order chi connectivity index (χ0) is 11.0. The molecule has 0 aromatic rings. The predicted molar refractivity (Wildman–Crippen MR) is 61.3 cm³/mol. The predicted octanol–water partition coefficient (Wildman–Crippen LogP) is 1.59. The number of nitrogens with one attached hydrogen (secondary N) is 1. The van der Waals surface area contributed by atoms with Gasteiger partial charge in [0.05, 0.1) is 5.75 Å². The minimum atomic E-state index is -2.80. The molecule has 0 saturated heterocycles. The van der Waals surface area contributed by atoms with Crippen molar-refractivity contribution in [3.8, 4) is 0 Å². The lowest BCUT2D eigenvalue weighted by molar-refractivity contribution is 0.462. The average molecular weight is 221 g/mol. The van der Waals surface area contributed by atoms with Gasteiger partial charge in [-0.05, 0) is 25.8 Å². The molecule has 3 nitrogen and oxygen atoms in total. The molecule has 0 spiro atoms. The molecule has 0 heterocycles. The maximum atomic E-state index is 11.0. The summed E-state index contributed by atoms with van der Waals surface area (Å²) in [5, 5.41) is 3.38. The fraction of sp³-hybridized carbons (Fsp3) is 1.00. The zero-order valence-corrected chi connectivity index (χ0v) is 10.4. The minimum absolute atomic E-state index is 0.300. The molecule has 0 radical (unpaired) electrons. The lowest BCUT2D eigenvalue weighted by Crippen LogP contribution is -2.31. The second-order valence-corrected chi connectivity index (χ2v) is 6.12. The highest BCUT2D eigenvalue weighted by Gasteiger charge is 2.10. The zero-order valence-electron chi connectivity index (χ0n) is 9.54. The van der Waals surface area contributed by atoms with Gasteiger partial charge in [-0.2, -0.15) is 0 Å². The van der Waals surface area contributed by atoms with Crippen LogP contribution in [-0.4, -0.2) is 33.0 Å². The highest BCUT2D eigenvalue weighted by molar-refractivity contribution is 7.90. The van der Waals surface area contributed by atoms with E-state index in [1.807, 2.05) is 0 Å². The summed E-state index contributed by atoms with van der Waals surface area (Å²) in [5.41, 5.74) is 0. The highest BCUT2D eigenvalue weighted by Crippen LogP contribution is 2.03. The molecular weight excluding hydrogens is 198 g/mol. The van der Waals surface area contributed by atoms with Gasteiger partial charge in [-0.25, -0.2) is 8.42 Å². The van der Waals surface area contributed by atoms with E-state index >= 15 is 0 Å². The van der Waals surface area contributed by atoms with Gasteiger partial charge in [0.15, 0.2) is 0 Å². The Hall–Kier alpha value is -0.0900. The quantitative estimate of drug-likeness (QED) is 0.677. The van der Waals surface area contributed by atoms with Crippen LogP contribution in [0.1, 0.15) is 39.5 Å². The molecule has 0 aromatic heterocycles. The van der Waals surface area contributed by atoms with Gasteiger partial charge in [-0.1, -0.05) is 20.3 Å². The first-order valence-electron chi connectivity index (χ1n) is 5.40. The molecular formula is C10H23NO2S. The Morgan fingerprint density at radius 3 is 2.21 bits per heavy atom. The van der Waals surface area contributed by atoms with Crippen molar-refractivity contribution in [3.63, 3.8) is 0 Å². The first kappa shape index (κ1) is 13.9. The van der Waals surface area contributed by atoms with Gasteiger partial charge in [0.1, 0.15) is 9.84 Å². The van der Waals surface area contributed by atoms with E-state index in [2.05, 4.69) is 19.2 Å².